The number of amides is 2. The highest BCUT2D eigenvalue weighted by Crippen LogP contribution is 2.15. The van der Waals surface area contributed by atoms with E-state index in [0.29, 0.717) is 0 Å². The summed E-state index contributed by atoms with van der Waals surface area (Å²) in [7, 11) is -4.11. The van der Waals surface area contributed by atoms with E-state index in [0.717, 1.165) is 24.3 Å². The molecule has 10 nitrogen and oxygen atoms in total. The van der Waals surface area contributed by atoms with E-state index >= 15 is 0 Å². The number of nitrogens with zero attached hydrogens (tertiary/aromatic N) is 1. The Morgan fingerprint density at radius 3 is 1.96 bits per heavy atom. The number of rotatable bonds is 6. The first-order valence-electron chi connectivity index (χ1n) is 6.67. The maximum Gasteiger partial charge on any atom is 0.269 e. The van der Waals surface area contributed by atoms with Gasteiger partial charge in [-0.15, -0.1) is 4.83 Å². The molecule has 0 radical (unpaired) electrons. The van der Waals surface area contributed by atoms with E-state index < -0.39 is 26.8 Å². The maximum atomic E-state index is 12.0. The number of non-ortho nitro benzene ring substituents is 1. The maximum absolute atomic E-state index is 12.0. The summed E-state index contributed by atoms with van der Waals surface area (Å²) in [6.07, 6.45) is 0. The number of carbonyl (C=O) groups excluding carboxylic acids is 2. The van der Waals surface area contributed by atoms with Gasteiger partial charge in [-0.1, -0.05) is 0 Å². The Labute approximate surface area is 141 Å². The first-order chi connectivity index (χ1) is 11.7. The molecule has 2 aromatic carbocycles. The van der Waals surface area contributed by atoms with Crippen LogP contribution in [0.1, 0.15) is 20.7 Å². The van der Waals surface area contributed by atoms with Gasteiger partial charge in [-0.05, 0) is 36.4 Å². The normalized spacial score (nSPS) is 10.9. The minimum atomic E-state index is -4.11. The van der Waals surface area contributed by atoms with Crippen molar-refractivity contribution in [1.29, 1.82) is 0 Å². The van der Waals surface area contributed by atoms with Gasteiger partial charge in [0.05, 0.1) is 9.82 Å². The predicted molar refractivity (Wildman–Crippen MR) is 85.8 cm³/mol. The van der Waals surface area contributed by atoms with Crippen LogP contribution < -0.4 is 16.0 Å². The molecule has 4 N–H and O–H groups in total. The van der Waals surface area contributed by atoms with Gasteiger partial charge in [0.15, 0.2) is 0 Å². The first kappa shape index (κ1) is 18.0. The second kappa shape index (κ2) is 7.07. The van der Waals surface area contributed by atoms with Gasteiger partial charge in [0.25, 0.3) is 21.6 Å². The summed E-state index contributed by atoms with van der Waals surface area (Å²) in [6.45, 7) is 0. The second-order valence-electron chi connectivity index (χ2n) is 4.75. The minimum absolute atomic E-state index is 0.0939. The first-order valence-corrected chi connectivity index (χ1v) is 8.15. The quantitative estimate of drug-likeness (QED) is 0.494. The fraction of sp³-hybridized carbons (Fsp3) is 0. The summed E-state index contributed by atoms with van der Waals surface area (Å²) in [5.74, 6) is -1.42. The van der Waals surface area contributed by atoms with E-state index in [2.05, 4.69) is 0 Å². The van der Waals surface area contributed by atoms with Crippen molar-refractivity contribution in [2.45, 2.75) is 4.90 Å². The fourth-order valence-corrected chi connectivity index (χ4v) is 2.62. The molecule has 0 fully saturated rings. The lowest BCUT2D eigenvalue weighted by molar-refractivity contribution is -0.384. The minimum Gasteiger partial charge on any atom is -0.366 e. The van der Waals surface area contributed by atoms with Crippen molar-refractivity contribution >= 4 is 27.5 Å². The Balaban J connectivity index is 2.06. The van der Waals surface area contributed by atoms with Gasteiger partial charge in [0.1, 0.15) is 0 Å². The summed E-state index contributed by atoms with van der Waals surface area (Å²) in [6, 6.07) is 9.37. The largest absolute Gasteiger partial charge is 0.366 e. The molecule has 0 saturated heterocycles. The van der Waals surface area contributed by atoms with Gasteiger partial charge in [-0.2, -0.15) is 0 Å². The predicted octanol–water partition coefficient (Wildman–Crippen LogP) is 0.317. The molecule has 0 unspecified atom stereocenters. The highest BCUT2D eigenvalue weighted by atomic mass is 32.2. The number of sulfonamides is 1. The highest BCUT2D eigenvalue weighted by Gasteiger charge is 2.17. The van der Waals surface area contributed by atoms with Crippen molar-refractivity contribution in [3.63, 3.8) is 0 Å². The smallest absolute Gasteiger partial charge is 0.269 e. The lowest BCUT2D eigenvalue weighted by Gasteiger charge is -2.08. The molecule has 0 aliphatic rings. The van der Waals surface area contributed by atoms with Crippen molar-refractivity contribution in [3.05, 3.63) is 69.8 Å². The zero-order valence-electron chi connectivity index (χ0n) is 12.5. The Hall–Kier alpha value is -3.31. The zero-order chi connectivity index (χ0) is 18.6. The molecule has 0 aliphatic carbocycles. The van der Waals surface area contributed by atoms with Crippen LogP contribution in [0.15, 0.2) is 53.4 Å². The third kappa shape index (κ3) is 4.37. The number of hydrogen-bond donors (Lipinski definition) is 3. The molecule has 0 atom stereocenters. The number of carbonyl (C=O) groups is 2. The molecule has 0 aromatic heterocycles. The molecule has 0 heterocycles. The SMILES string of the molecule is NC(=O)c1ccc(C(=O)NNS(=O)(=O)c2ccc([N+](=O)[O-])cc2)cc1. The van der Waals surface area contributed by atoms with Gasteiger partial charge < -0.3 is 5.73 Å². The van der Waals surface area contributed by atoms with Crippen LogP contribution in [-0.2, 0) is 10.0 Å². The number of hydrazine groups is 1. The van der Waals surface area contributed by atoms with Crippen LogP contribution >= 0.6 is 0 Å². The Bertz CT molecular complexity index is 923. The molecule has 0 spiro atoms. The van der Waals surface area contributed by atoms with E-state index in [-0.39, 0.29) is 21.7 Å². The third-order valence-electron chi connectivity index (χ3n) is 3.09. The van der Waals surface area contributed by atoms with Crippen molar-refractivity contribution in [1.82, 2.24) is 10.3 Å². The van der Waals surface area contributed by atoms with E-state index in [1.165, 1.54) is 24.3 Å². The average Bonchev–Trinajstić information content (AvgIpc) is 2.60. The third-order valence-corrected chi connectivity index (χ3v) is 4.35. The summed E-state index contributed by atoms with van der Waals surface area (Å²) in [5.41, 5.74) is 7.10. The Kier molecular flexibility index (Phi) is 5.10. The van der Waals surface area contributed by atoms with Crippen LogP contribution in [0.2, 0.25) is 0 Å². The second-order valence-corrected chi connectivity index (χ2v) is 6.43. The van der Waals surface area contributed by atoms with Crippen LogP contribution in [0.5, 0.6) is 0 Å². The number of hydrogen-bond acceptors (Lipinski definition) is 6. The fourth-order valence-electron chi connectivity index (χ4n) is 1.78. The summed E-state index contributed by atoms with van der Waals surface area (Å²) in [5, 5.41) is 10.6. The highest BCUT2D eigenvalue weighted by molar-refractivity contribution is 7.89. The standard InChI is InChI=1S/C14H12N4O6S/c15-13(19)9-1-3-10(4-2-9)14(20)16-17-25(23,24)12-7-5-11(6-8-12)18(21)22/h1-8,17H,(H2,15,19)(H,16,20). The number of benzene rings is 2. The molecule has 2 amide bonds. The van der Waals surface area contributed by atoms with Crippen molar-refractivity contribution in [2.24, 2.45) is 5.73 Å². The van der Waals surface area contributed by atoms with Crippen LogP contribution in [0.25, 0.3) is 0 Å². The lowest BCUT2D eigenvalue weighted by Crippen LogP contribution is -2.41. The molecule has 0 saturated carbocycles. The van der Waals surface area contributed by atoms with E-state index in [1.807, 2.05) is 10.3 Å². The van der Waals surface area contributed by atoms with Gasteiger partial charge in [-0.3, -0.25) is 25.1 Å². The number of nitro benzene ring substituents is 1. The monoisotopic (exact) mass is 364 g/mol. The summed E-state index contributed by atoms with van der Waals surface area (Å²) < 4.78 is 24.1. The van der Waals surface area contributed by atoms with Crippen LogP contribution in [-0.4, -0.2) is 25.2 Å². The van der Waals surface area contributed by atoms with Gasteiger partial charge in [0.2, 0.25) is 5.91 Å². The molecule has 2 rings (SSSR count). The van der Waals surface area contributed by atoms with Crippen LogP contribution in [0, 0.1) is 10.1 Å². The molecule has 130 valence electrons. The Morgan fingerprint density at radius 1 is 0.960 bits per heavy atom. The zero-order valence-corrected chi connectivity index (χ0v) is 13.3. The van der Waals surface area contributed by atoms with Gasteiger partial charge in [0, 0.05) is 23.3 Å². The average molecular weight is 364 g/mol. The van der Waals surface area contributed by atoms with Gasteiger partial charge in [-0.25, -0.2) is 8.42 Å². The summed E-state index contributed by atoms with van der Waals surface area (Å²) >= 11 is 0. The van der Waals surface area contributed by atoms with Crippen molar-refractivity contribution in [3.8, 4) is 0 Å². The summed E-state index contributed by atoms with van der Waals surface area (Å²) in [4.78, 5) is 34.4. The number of nitro groups is 1. The van der Waals surface area contributed by atoms with Crippen LogP contribution in [0.4, 0.5) is 5.69 Å². The molecule has 11 heteroatoms. The number of nitrogens with two attached hydrogens (primary N) is 1. The molecular formula is C14H12N4O6S. The molecule has 0 aliphatic heterocycles. The number of nitrogens with one attached hydrogen (secondary N) is 2. The van der Waals surface area contributed by atoms with Crippen molar-refractivity contribution in [2.75, 3.05) is 0 Å². The van der Waals surface area contributed by atoms with Crippen molar-refractivity contribution < 1.29 is 22.9 Å². The Morgan fingerprint density at radius 2 is 1.48 bits per heavy atom. The number of primary amides is 1. The molecule has 25 heavy (non-hydrogen) atoms. The van der Waals surface area contributed by atoms with E-state index in [4.69, 9.17) is 5.73 Å². The van der Waals surface area contributed by atoms with E-state index in [1.54, 1.807) is 0 Å². The molecular weight excluding hydrogens is 352 g/mol. The lowest BCUT2D eigenvalue weighted by atomic mass is 10.1. The molecule has 0 bridgehead atoms. The van der Waals surface area contributed by atoms with E-state index in [9.17, 15) is 28.1 Å². The molecule has 2 aromatic rings. The topological polar surface area (TPSA) is 162 Å². The van der Waals surface area contributed by atoms with Crippen LogP contribution in [0.3, 0.4) is 0 Å². The van der Waals surface area contributed by atoms with Gasteiger partial charge >= 0.3 is 0 Å².